The molecule has 1 aromatic rings. The predicted octanol–water partition coefficient (Wildman–Crippen LogP) is 3.57. The van der Waals surface area contributed by atoms with Gasteiger partial charge in [0.15, 0.2) is 0 Å². The van der Waals surface area contributed by atoms with Gasteiger partial charge in [-0.25, -0.2) is 0 Å². The Labute approximate surface area is 118 Å². The van der Waals surface area contributed by atoms with Crippen molar-refractivity contribution in [3.63, 3.8) is 0 Å². The molecule has 0 bridgehead atoms. The molecule has 0 aromatic heterocycles. The third-order valence-electron chi connectivity index (χ3n) is 4.45. The van der Waals surface area contributed by atoms with Gasteiger partial charge < -0.3 is 5.73 Å². The summed E-state index contributed by atoms with van der Waals surface area (Å²) in [5.74, 6) is 0. The molecule has 1 saturated heterocycles. The van der Waals surface area contributed by atoms with Crippen LogP contribution in [-0.4, -0.2) is 24.0 Å². The second kappa shape index (κ2) is 6.53. The van der Waals surface area contributed by atoms with Crippen LogP contribution in [0.5, 0.6) is 0 Å². The summed E-state index contributed by atoms with van der Waals surface area (Å²) in [4.78, 5) is 2.58. The van der Waals surface area contributed by atoms with Crippen LogP contribution in [0, 0.1) is 13.8 Å². The zero-order chi connectivity index (χ0) is 13.8. The van der Waals surface area contributed by atoms with E-state index in [4.69, 9.17) is 5.73 Å². The van der Waals surface area contributed by atoms with Crippen LogP contribution in [0.1, 0.15) is 55.3 Å². The smallest absolute Gasteiger partial charge is 0.0427 e. The summed E-state index contributed by atoms with van der Waals surface area (Å²) < 4.78 is 0. The van der Waals surface area contributed by atoms with E-state index < -0.39 is 0 Å². The standard InChI is InChI=1S/C17H28N2/c1-13-8-9-16(14(2)11-13)17(18)12-19-10-6-4-5-7-15(19)3/h8-9,11,15,17H,4-7,10,12,18H2,1-3H3. The van der Waals surface area contributed by atoms with Crippen molar-refractivity contribution in [2.75, 3.05) is 13.1 Å². The van der Waals surface area contributed by atoms with Crippen molar-refractivity contribution in [1.29, 1.82) is 0 Å². The molecule has 2 N–H and O–H groups in total. The highest BCUT2D eigenvalue weighted by Gasteiger charge is 2.20. The van der Waals surface area contributed by atoms with Crippen molar-refractivity contribution in [2.24, 2.45) is 5.73 Å². The first-order chi connectivity index (χ1) is 9.08. The number of hydrogen-bond donors (Lipinski definition) is 1. The number of nitrogens with two attached hydrogens (primary N) is 1. The molecular weight excluding hydrogens is 232 g/mol. The van der Waals surface area contributed by atoms with Gasteiger partial charge in [0, 0.05) is 18.6 Å². The van der Waals surface area contributed by atoms with Gasteiger partial charge in [-0.3, -0.25) is 4.90 Å². The maximum Gasteiger partial charge on any atom is 0.0427 e. The Morgan fingerprint density at radius 2 is 2.05 bits per heavy atom. The molecule has 2 heteroatoms. The van der Waals surface area contributed by atoms with Gasteiger partial charge in [-0.15, -0.1) is 0 Å². The van der Waals surface area contributed by atoms with E-state index >= 15 is 0 Å². The average molecular weight is 260 g/mol. The molecule has 1 fully saturated rings. The molecule has 0 spiro atoms. The molecule has 1 heterocycles. The second-order valence-electron chi connectivity index (χ2n) is 6.16. The minimum Gasteiger partial charge on any atom is -0.323 e. The topological polar surface area (TPSA) is 29.3 Å². The Bertz CT molecular complexity index is 414. The molecule has 0 radical (unpaired) electrons. The number of aryl methyl sites for hydroxylation is 2. The van der Waals surface area contributed by atoms with E-state index in [0.717, 1.165) is 6.54 Å². The van der Waals surface area contributed by atoms with Crippen molar-refractivity contribution in [3.05, 3.63) is 34.9 Å². The van der Waals surface area contributed by atoms with Crippen molar-refractivity contribution in [3.8, 4) is 0 Å². The fraction of sp³-hybridized carbons (Fsp3) is 0.647. The monoisotopic (exact) mass is 260 g/mol. The van der Waals surface area contributed by atoms with Crippen LogP contribution >= 0.6 is 0 Å². The Morgan fingerprint density at radius 1 is 1.26 bits per heavy atom. The van der Waals surface area contributed by atoms with E-state index in [1.54, 1.807) is 0 Å². The lowest BCUT2D eigenvalue weighted by Gasteiger charge is -2.30. The van der Waals surface area contributed by atoms with Crippen molar-refractivity contribution in [1.82, 2.24) is 4.90 Å². The molecule has 2 rings (SSSR count). The third kappa shape index (κ3) is 3.80. The number of likely N-dealkylation sites (tertiary alicyclic amines) is 1. The van der Waals surface area contributed by atoms with E-state index in [1.165, 1.54) is 48.9 Å². The number of benzene rings is 1. The number of nitrogens with zero attached hydrogens (tertiary/aromatic N) is 1. The van der Waals surface area contributed by atoms with Crippen LogP contribution in [0.3, 0.4) is 0 Å². The molecule has 1 aromatic carbocycles. The van der Waals surface area contributed by atoms with Crippen LogP contribution in [0.2, 0.25) is 0 Å². The van der Waals surface area contributed by atoms with Crippen molar-refractivity contribution >= 4 is 0 Å². The lowest BCUT2D eigenvalue weighted by atomic mass is 9.99. The van der Waals surface area contributed by atoms with Gasteiger partial charge in [0.25, 0.3) is 0 Å². The summed E-state index contributed by atoms with van der Waals surface area (Å²) in [6, 6.07) is 7.44. The van der Waals surface area contributed by atoms with Gasteiger partial charge in [-0.05, 0) is 51.3 Å². The summed E-state index contributed by atoms with van der Waals surface area (Å²) in [5.41, 5.74) is 10.4. The maximum absolute atomic E-state index is 6.45. The predicted molar refractivity (Wildman–Crippen MR) is 82.3 cm³/mol. The molecule has 2 unspecified atom stereocenters. The summed E-state index contributed by atoms with van der Waals surface area (Å²) >= 11 is 0. The molecule has 1 aliphatic heterocycles. The van der Waals surface area contributed by atoms with Crippen LogP contribution in [0.15, 0.2) is 18.2 Å². The molecule has 0 amide bonds. The Morgan fingerprint density at radius 3 is 2.79 bits per heavy atom. The Balaban J connectivity index is 2.04. The fourth-order valence-electron chi connectivity index (χ4n) is 3.20. The van der Waals surface area contributed by atoms with Gasteiger partial charge >= 0.3 is 0 Å². The number of rotatable bonds is 3. The number of hydrogen-bond acceptors (Lipinski definition) is 2. The molecular formula is C17H28N2. The third-order valence-corrected chi connectivity index (χ3v) is 4.45. The highest BCUT2D eigenvalue weighted by atomic mass is 15.2. The minimum absolute atomic E-state index is 0.140. The summed E-state index contributed by atoms with van der Waals surface area (Å²) in [5, 5.41) is 0. The molecule has 0 saturated carbocycles. The van der Waals surface area contributed by atoms with Gasteiger partial charge in [-0.2, -0.15) is 0 Å². The molecule has 1 aliphatic rings. The lowest BCUT2D eigenvalue weighted by Crippen LogP contribution is -2.38. The van der Waals surface area contributed by atoms with Crippen LogP contribution in [-0.2, 0) is 0 Å². The zero-order valence-electron chi connectivity index (χ0n) is 12.7. The molecule has 106 valence electrons. The Kier molecular flexibility index (Phi) is 5.00. The van der Waals surface area contributed by atoms with E-state index in [1.807, 2.05) is 0 Å². The van der Waals surface area contributed by atoms with Crippen LogP contribution < -0.4 is 5.73 Å². The molecule has 2 nitrogen and oxygen atoms in total. The molecule has 2 atom stereocenters. The normalized spacial score (nSPS) is 23.1. The fourth-order valence-corrected chi connectivity index (χ4v) is 3.20. The van der Waals surface area contributed by atoms with Crippen LogP contribution in [0.25, 0.3) is 0 Å². The summed E-state index contributed by atoms with van der Waals surface area (Å²) in [7, 11) is 0. The minimum atomic E-state index is 0.140. The first-order valence-corrected chi connectivity index (χ1v) is 7.64. The van der Waals surface area contributed by atoms with E-state index in [9.17, 15) is 0 Å². The Hall–Kier alpha value is -0.860. The lowest BCUT2D eigenvalue weighted by molar-refractivity contribution is 0.201. The van der Waals surface area contributed by atoms with Crippen molar-refractivity contribution in [2.45, 2.75) is 58.5 Å². The van der Waals surface area contributed by atoms with E-state index in [2.05, 4.69) is 43.9 Å². The average Bonchev–Trinajstić information content (AvgIpc) is 2.55. The summed E-state index contributed by atoms with van der Waals surface area (Å²) in [6.07, 6.45) is 5.39. The van der Waals surface area contributed by atoms with E-state index in [0.29, 0.717) is 6.04 Å². The summed E-state index contributed by atoms with van der Waals surface area (Å²) in [6.45, 7) is 8.86. The van der Waals surface area contributed by atoms with Gasteiger partial charge in [0.05, 0.1) is 0 Å². The van der Waals surface area contributed by atoms with Gasteiger partial charge in [-0.1, -0.05) is 36.6 Å². The van der Waals surface area contributed by atoms with Crippen molar-refractivity contribution < 1.29 is 0 Å². The SMILES string of the molecule is Cc1ccc(C(N)CN2CCCCCC2C)c(C)c1. The highest BCUT2D eigenvalue weighted by molar-refractivity contribution is 5.32. The van der Waals surface area contributed by atoms with E-state index in [-0.39, 0.29) is 6.04 Å². The molecule has 19 heavy (non-hydrogen) atoms. The second-order valence-corrected chi connectivity index (χ2v) is 6.16. The van der Waals surface area contributed by atoms with Gasteiger partial charge in [0.1, 0.15) is 0 Å². The first-order valence-electron chi connectivity index (χ1n) is 7.64. The maximum atomic E-state index is 6.45. The quantitative estimate of drug-likeness (QED) is 0.900. The first kappa shape index (κ1) is 14.5. The van der Waals surface area contributed by atoms with Crippen LogP contribution in [0.4, 0.5) is 0 Å². The zero-order valence-corrected chi connectivity index (χ0v) is 12.7. The largest absolute Gasteiger partial charge is 0.323 e. The molecule has 0 aliphatic carbocycles. The highest BCUT2D eigenvalue weighted by Crippen LogP contribution is 2.22. The van der Waals surface area contributed by atoms with Gasteiger partial charge in [0.2, 0.25) is 0 Å².